The minimum atomic E-state index is -3.51. The van der Waals surface area contributed by atoms with Gasteiger partial charge < -0.3 is 0 Å². The van der Waals surface area contributed by atoms with Crippen LogP contribution >= 0.6 is 7.82 Å². The van der Waals surface area contributed by atoms with Gasteiger partial charge in [-0.05, 0) is 17.7 Å². The number of nitro groups is 1. The highest BCUT2D eigenvalue weighted by molar-refractivity contribution is 7.48. The molecule has 0 aromatic heterocycles. The van der Waals surface area contributed by atoms with Gasteiger partial charge in [-0.25, -0.2) is 4.57 Å². The van der Waals surface area contributed by atoms with Crippen LogP contribution in [-0.2, 0) is 24.7 Å². The van der Waals surface area contributed by atoms with Crippen LogP contribution in [0.3, 0.4) is 0 Å². The molecule has 0 radical (unpaired) electrons. The molecule has 0 N–H and O–H groups in total. The van der Waals surface area contributed by atoms with Crippen molar-refractivity contribution in [1.82, 2.24) is 0 Å². The van der Waals surface area contributed by atoms with Crippen LogP contribution in [0.2, 0.25) is 0 Å². The highest BCUT2D eigenvalue weighted by Crippen LogP contribution is 2.48. The maximum Gasteiger partial charge on any atom is 0.474 e. The summed E-state index contributed by atoms with van der Waals surface area (Å²) in [7, 11) is -1.09. The first-order valence-electron chi connectivity index (χ1n) is 4.60. The lowest BCUT2D eigenvalue weighted by atomic mass is 10.2. The van der Waals surface area contributed by atoms with Gasteiger partial charge in [-0.15, -0.1) is 0 Å². The lowest BCUT2D eigenvalue weighted by Crippen LogP contribution is -1.96. The van der Waals surface area contributed by atoms with Crippen molar-refractivity contribution < 1.29 is 23.1 Å². The van der Waals surface area contributed by atoms with Gasteiger partial charge in [-0.2, -0.15) is 0 Å². The van der Waals surface area contributed by atoms with E-state index in [0.717, 1.165) is 0 Å². The summed E-state index contributed by atoms with van der Waals surface area (Å²) in [6.07, 6.45) is 0. The van der Waals surface area contributed by atoms with Gasteiger partial charge in [0, 0.05) is 26.4 Å². The molecule has 0 aliphatic heterocycles. The van der Waals surface area contributed by atoms with Gasteiger partial charge in [0.25, 0.3) is 5.69 Å². The molecule has 0 spiro atoms. The number of non-ortho nitro benzene ring substituents is 1. The molecule has 0 unspecified atom stereocenters. The van der Waals surface area contributed by atoms with Gasteiger partial charge in [0.05, 0.1) is 11.5 Å². The summed E-state index contributed by atoms with van der Waals surface area (Å²) in [6, 6.07) is 5.69. The van der Waals surface area contributed by atoms with Crippen LogP contribution in [0.25, 0.3) is 0 Å². The largest absolute Gasteiger partial charge is 0.474 e. The summed E-state index contributed by atoms with van der Waals surface area (Å²) < 4.78 is 25.6. The predicted molar refractivity (Wildman–Crippen MR) is 59.5 cm³/mol. The smallest absolute Gasteiger partial charge is 0.290 e. The number of phosphoric ester groups is 1. The molecule has 0 fully saturated rings. The molecule has 0 bridgehead atoms. The first kappa shape index (κ1) is 13.8. The molecule has 17 heavy (non-hydrogen) atoms. The van der Waals surface area contributed by atoms with E-state index in [1.165, 1.54) is 38.5 Å². The van der Waals surface area contributed by atoms with E-state index in [0.29, 0.717) is 5.56 Å². The molecule has 0 saturated heterocycles. The van der Waals surface area contributed by atoms with Crippen molar-refractivity contribution in [3.05, 3.63) is 39.9 Å². The van der Waals surface area contributed by atoms with Crippen molar-refractivity contribution in [2.24, 2.45) is 0 Å². The van der Waals surface area contributed by atoms with Gasteiger partial charge in [0.2, 0.25) is 0 Å². The SMILES string of the molecule is COP(=O)(OC)OCc1ccc([N+](=O)[O-])cc1. The number of rotatable bonds is 6. The van der Waals surface area contributed by atoms with E-state index in [2.05, 4.69) is 9.05 Å². The fraction of sp³-hybridized carbons (Fsp3) is 0.333. The van der Waals surface area contributed by atoms with Gasteiger partial charge in [0.15, 0.2) is 0 Å². The fourth-order valence-corrected chi connectivity index (χ4v) is 1.71. The van der Waals surface area contributed by atoms with Crippen LogP contribution in [0.1, 0.15) is 5.56 Å². The molecule has 0 heterocycles. The summed E-state index contributed by atoms with van der Waals surface area (Å²) in [5, 5.41) is 10.4. The second kappa shape index (κ2) is 5.88. The average molecular weight is 261 g/mol. The second-order valence-electron chi connectivity index (χ2n) is 3.01. The number of hydrogen-bond donors (Lipinski definition) is 0. The average Bonchev–Trinajstić information content (AvgIpc) is 2.36. The number of nitro benzene ring substituents is 1. The maximum absolute atomic E-state index is 11.5. The van der Waals surface area contributed by atoms with Crippen molar-refractivity contribution in [2.45, 2.75) is 6.61 Å². The second-order valence-corrected chi connectivity index (χ2v) is 4.89. The highest BCUT2D eigenvalue weighted by atomic mass is 31.2. The lowest BCUT2D eigenvalue weighted by Gasteiger charge is -2.12. The Balaban J connectivity index is 2.64. The van der Waals surface area contributed by atoms with E-state index in [9.17, 15) is 14.7 Å². The third kappa shape index (κ3) is 3.90. The van der Waals surface area contributed by atoms with E-state index in [1.54, 1.807) is 0 Å². The molecule has 0 amide bonds. The van der Waals surface area contributed by atoms with Crippen molar-refractivity contribution in [2.75, 3.05) is 14.2 Å². The summed E-state index contributed by atoms with van der Waals surface area (Å²) in [6.45, 7) is -0.0169. The zero-order valence-electron chi connectivity index (χ0n) is 9.36. The molecule has 0 saturated carbocycles. The fourth-order valence-electron chi connectivity index (χ4n) is 1.05. The third-order valence-corrected chi connectivity index (χ3v) is 3.32. The quantitative estimate of drug-likeness (QED) is 0.444. The Labute approximate surface area is 98.1 Å². The van der Waals surface area contributed by atoms with E-state index in [1.807, 2.05) is 0 Å². The van der Waals surface area contributed by atoms with Crippen molar-refractivity contribution in [3.8, 4) is 0 Å². The molecule has 7 nitrogen and oxygen atoms in total. The Kier molecular flexibility index (Phi) is 4.77. The predicted octanol–water partition coefficient (Wildman–Crippen LogP) is 2.51. The molecule has 8 heteroatoms. The molecule has 94 valence electrons. The van der Waals surface area contributed by atoms with E-state index >= 15 is 0 Å². The van der Waals surface area contributed by atoms with Gasteiger partial charge in [-0.3, -0.25) is 23.7 Å². The Morgan fingerprint density at radius 2 is 1.76 bits per heavy atom. The van der Waals surface area contributed by atoms with Crippen molar-refractivity contribution >= 4 is 13.5 Å². The molecule has 0 aliphatic carbocycles. The summed E-state index contributed by atoms with van der Waals surface area (Å²) in [4.78, 5) is 9.91. The topological polar surface area (TPSA) is 87.9 Å². The Morgan fingerprint density at radius 3 is 2.18 bits per heavy atom. The Bertz CT molecular complexity index is 424. The summed E-state index contributed by atoms with van der Waals surface area (Å²) in [5.41, 5.74) is 0.611. The van der Waals surface area contributed by atoms with E-state index in [4.69, 9.17) is 4.52 Å². The van der Waals surface area contributed by atoms with Gasteiger partial charge >= 0.3 is 7.82 Å². The molecule has 1 aromatic rings. The zero-order valence-corrected chi connectivity index (χ0v) is 10.3. The number of nitrogens with zero attached hydrogens (tertiary/aromatic N) is 1. The van der Waals surface area contributed by atoms with E-state index in [-0.39, 0.29) is 12.3 Å². The minimum Gasteiger partial charge on any atom is -0.290 e. The number of hydrogen-bond acceptors (Lipinski definition) is 6. The summed E-state index contributed by atoms with van der Waals surface area (Å²) >= 11 is 0. The van der Waals surface area contributed by atoms with Crippen molar-refractivity contribution in [1.29, 1.82) is 0 Å². The highest BCUT2D eigenvalue weighted by Gasteiger charge is 2.22. The van der Waals surface area contributed by atoms with Crippen LogP contribution in [0, 0.1) is 10.1 Å². The van der Waals surface area contributed by atoms with Crippen LogP contribution in [-0.4, -0.2) is 19.1 Å². The molecule has 1 aromatic carbocycles. The first-order chi connectivity index (χ1) is 8.00. The Hall–Kier alpha value is -1.27. The van der Waals surface area contributed by atoms with Crippen LogP contribution in [0.15, 0.2) is 24.3 Å². The standard InChI is InChI=1S/C9H12NO6P/c1-14-17(13,15-2)16-7-8-3-5-9(6-4-8)10(11)12/h3-6H,7H2,1-2H3. The molecular formula is C9H12NO6P. The van der Waals surface area contributed by atoms with Gasteiger partial charge in [-0.1, -0.05) is 0 Å². The van der Waals surface area contributed by atoms with Crippen LogP contribution < -0.4 is 0 Å². The summed E-state index contributed by atoms with van der Waals surface area (Å²) in [5.74, 6) is 0. The zero-order chi connectivity index (χ0) is 12.9. The van der Waals surface area contributed by atoms with Gasteiger partial charge in [0.1, 0.15) is 0 Å². The van der Waals surface area contributed by atoms with E-state index < -0.39 is 12.7 Å². The first-order valence-corrected chi connectivity index (χ1v) is 6.06. The van der Waals surface area contributed by atoms with Crippen LogP contribution in [0.5, 0.6) is 0 Å². The Morgan fingerprint density at radius 1 is 1.24 bits per heavy atom. The lowest BCUT2D eigenvalue weighted by molar-refractivity contribution is -0.384. The van der Waals surface area contributed by atoms with Crippen LogP contribution in [0.4, 0.5) is 5.69 Å². The third-order valence-electron chi connectivity index (χ3n) is 1.98. The molecule has 0 aliphatic rings. The minimum absolute atomic E-state index is 0.0169. The van der Waals surface area contributed by atoms with Crippen molar-refractivity contribution in [3.63, 3.8) is 0 Å². The molecule has 1 rings (SSSR count). The molecule has 0 atom stereocenters. The monoisotopic (exact) mass is 261 g/mol. The normalized spacial score (nSPS) is 11.4. The molecular weight excluding hydrogens is 249 g/mol. The maximum atomic E-state index is 11.5. The number of phosphoric acid groups is 1. The number of benzene rings is 1.